The van der Waals surface area contributed by atoms with Crippen LogP contribution in [0.25, 0.3) is 0 Å². The third kappa shape index (κ3) is 3.98. The molecule has 17 heavy (non-hydrogen) atoms. The lowest BCUT2D eigenvalue weighted by Gasteiger charge is -2.31. The van der Waals surface area contributed by atoms with Crippen molar-refractivity contribution in [2.75, 3.05) is 19.6 Å². The first-order valence-corrected chi connectivity index (χ1v) is 6.26. The number of nitrogens with two attached hydrogens (primary N) is 1. The van der Waals surface area contributed by atoms with Crippen molar-refractivity contribution in [2.45, 2.75) is 26.3 Å². The highest BCUT2D eigenvalue weighted by molar-refractivity contribution is 5.85. The Bertz CT molecular complexity index is 333. The van der Waals surface area contributed by atoms with Crippen molar-refractivity contribution in [1.82, 2.24) is 4.90 Å². The normalized spacial score (nSPS) is 17.8. The summed E-state index contributed by atoms with van der Waals surface area (Å²) < 4.78 is 0. The summed E-state index contributed by atoms with van der Waals surface area (Å²) in [5.74, 6) is 0.758. The van der Waals surface area contributed by atoms with Crippen LogP contribution in [0.15, 0.2) is 24.3 Å². The number of halogens is 1. The van der Waals surface area contributed by atoms with E-state index in [1.165, 1.54) is 37.1 Å². The van der Waals surface area contributed by atoms with Crippen molar-refractivity contribution in [1.29, 1.82) is 0 Å². The fourth-order valence-corrected chi connectivity index (χ4v) is 2.41. The summed E-state index contributed by atoms with van der Waals surface area (Å²) in [6.07, 6.45) is 2.53. The molecule has 1 saturated heterocycles. The number of likely N-dealkylation sites (tertiary alicyclic amines) is 1. The van der Waals surface area contributed by atoms with E-state index in [4.69, 9.17) is 5.73 Å². The van der Waals surface area contributed by atoms with E-state index in [0.29, 0.717) is 0 Å². The van der Waals surface area contributed by atoms with Gasteiger partial charge in [-0.15, -0.1) is 12.4 Å². The SMILES string of the molecule is Cc1ccccc1CN1CCC(CN)CC1.Cl. The molecule has 1 aromatic rings. The lowest BCUT2D eigenvalue weighted by atomic mass is 9.96. The van der Waals surface area contributed by atoms with Crippen molar-refractivity contribution in [3.63, 3.8) is 0 Å². The minimum absolute atomic E-state index is 0. The monoisotopic (exact) mass is 254 g/mol. The topological polar surface area (TPSA) is 29.3 Å². The molecule has 0 radical (unpaired) electrons. The highest BCUT2D eigenvalue weighted by Crippen LogP contribution is 2.19. The fraction of sp³-hybridized carbons (Fsp3) is 0.571. The van der Waals surface area contributed by atoms with Gasteiger partial charge in [-0.05, 0) is 56.4 Å². The van der Waals surface area contributed by atoms with Gasteiger partial charge in [-0.3, -0.25) is 4.90 Å². The summed E-state index contributed by atoms with van der Waals surface area (Å²) in [5, 5.41) is 0. The molecule has 0 saturated carbocycles. The third-order valence-electron chi connectivity index (χ3n) is 3.70. The van der Waals surface area contributed by atoms with Crippen molar-refractivity contribution >= 4 is 12.4 Å². The Kier molecular flexibility index (Phi) is 5.96. The Morgan fingerprint density at radius 3 is 2.47 bits per heavy atom. The van der Waals surface area contributed by atoms with E-state index in [0.717, 1.165) is 19.0 Å². The van der Waals surface area contributed by atoms with E-state index in [9.17, 15) is 0 Å². The van der Waals surface area contributed by atoms with Gasteiger partial charge in [-0.25, -0.2) is 0 Å². The van der Waals surface area contributed by atoms with Crippen LogP contribution in [0, 0.1) is 12.8 Å². The van der Waals surface area contributed by atoms with Gasteiger partial charge >= 0.3 is 0 Å². The third-order valence-corrected chi connectivity index (χ3v) is 3.70. The number of aryl methyl sites for hydroxylation is 1. The Morgan fingerprint density at radius 2 is 1.88 bits per heavy atom. The molecule has 3 heteroatoms. The molecule has 0 atom stereocenters. The van der Waals surface area contributed by atoms with Crippen LogP contribution in [-0.2, 0) is 6.54 Å². The molecule has 96 valence electrons. The molecule has 0 amide bonds. The lowest BCUT2D eigenvalue weighted by Crippen LogP contribution is -2.35. The molecule has 0 aliphatic carbocycles. The van der Waals surface area contributed by atoms with Gasteiger partial charge < -0.3 is 5.73 Å². The van der Waals surface area contributed by atoms with Crippen LogP contribution in [0.5, 0.6) is 0 Å². The van der Waals surface area contributed by atoms with Crippen LogP contribution in [0.2, 0.25) is 0 Å². The van der Waals surface area contributed by atoms with Gasteiger partial charge in [0.2, 0.25) is 0 Å². The number of piperidine rings is 1. The second-order valence-corrected chi connectivity index (χ2v) is 4.88. The van der Waals surface area contributed by atoms with Gasteiger partial charge in [0.25, 0.3) is 0 Å². The molecule has 0 unspecified atom stereocenters. The fourth-order valence-electron chi connectivity index (χ4n) is 2.41. The second kappa shape index (κ2) is 7.00. The Labute approximate surface area is 111 Å². The van der Waals surface area contributed by atoms with Gasteiger partial charge in [0.15, 0.2) is 0 Å². The van der Waals surface area contributed by atoms with Crippen molar-refractivity contribution in [3.8, 4) is 0 Å². The van der Waals surface area contributed by atoms with E-state index in [1.54, 1.807) is 0 Å². The van der Waals surface area contributed by atoms with Crippen LogP contribution in [0.1, 0.15) is 24.0 Å². The average Bonchev–Trinajstić information content (AvgIpc) is 2.33. The smallest absolute Gasteiger partial charge is 0.0236 e. The second-order valence-electron chi connectivity index (χ2n) is 4.88. The Hall–Kier alpha value is -0.570. The average molecular weight is 255 g/mol. The van der Waals surface area contributed by atoms with E-state index in [2.05, 4.69) is 36.1 Å². The molecule has 1 aliphatic heterocycles. The number of rotatable bonds is 3. The summed E-state index contributed by atoms with van der Waals surface area (Å²) in [6.45, 7) is 6.57. The van der Waals surface area contributed by atoms with Crippen LogP contribution in [0.4, 0.5) is 0 Å². The summed E-state index contributed by atoms with van der Waals surface area (Å²) in [4.78, 5) is 2.55. The van der Waals surface area contributed by atoms with E-state index >= 15 is 0 Å². The molecule has 0 spiro atoms. The van der Waals surface area contributed by atoms with Crippen molar-refractivity contribution < 1.29 is 0 Å². The quantitative estimate of drug-likeness (QED) is 0.899. The maximum atomic E-state index is 5.71. The van der Waals surface area contributed by atoms with E-state index < -0.39 is 0 Å². The predicted octanol–water partition coefficient (Wildman–Crippen LogP) is 2.59. The van der Waals surface area contributed by atoms with Crippen LogP contribution >= 0.6 is 12.4 Å². The number of benzene rings is 1. The predicted molar refractivity (Wildman–Crippen MR) is 75.5 cm³/mol. The molecule has 2 rings (SSSR count). The van der Waals surface area contributed by atoms with Gasteiger partial charge in [0, 0.05) is 6.54 Å². The molecular weight excluding hydrogens is 232 g/mol. The number of nitrogens with zero attached hydrogens (tertiary/aromatic N) is 1. The molecule has 1 heterocycles. The highest BCUT2D eigenvalue weighted by Gasteiger charge is 2.18. The van der Waals surface area contributed by atoms with Gasteiger partial charge in [-0.2, -0.15) is 0 Å². The molecular formula is C14H23ClN2. The number of hydrogen-bond acceptors (Lipinski definition) is 2. The molecule has 1 aliphatic rings. The number of hydrogen-bond donors (Lipinski definition) is 1. The zero-order valence-electron chi connectivity index (χ0n) is 10.6. The first kappa shape index (κ1) is 14.5. The van der Waals surface area contributed by atoms with Gasteiger partial charge in [0.1, 0.15) is 0 Å². The Balaban J connectivity index is 0.00000144. The van der Waals surface area contributed by atoms with Crippen LogP contribution in [0.3, 0.4) is 0 Å². The maximum Gasteiger partial charge on any atom is 0.0236 e. The molecule has 2 nitrogen and oxygen atoms in total. The van der Waals surface area contributed by atoms with E-state index in [-0.39, 0.29) is 12.4 Å². The molecule has 1 fully saturated rings. The lowest BCUT2D eigenvalue weighted by molar-refractivity contribution is 0.180. The minimum Gasteiger partial charge on any atom is -0.330 e. The molecule has 1 aromatic carbocycles. The summed E-state index contributed by atoms with van der Waals surface area (Å²) >= 11 is 0. The largest absolute Gasteiger partial charge is 0.330 e. The standard InChI is InChI=1S/C14H22N2.ClH/c1-12-4-2-3-5-14(12)11-16-8-6-13(10-15)7-9-16;/h2-5,13H,6-11,15H2,1H3;1H. The van der Waals surface area contributed by atoms with E-state index in [1.807, 2.05) is 0 Å². The minimum atomic E-state index is 0. The van der Waals surface area contributed by atoms with Crippen LogP contribution < -0.4 is 5.73 Å². The summed E-state index contributed by atoms with van der Waals surface area (Å²) in [6, 6.07) is 8.68. The zero-order chi connectivity index (χ0) is 11.4. The highest BCUT2D eigenvalue weighted by atomic mass is 35.5. The van der Waals surface area contributed by atoms with Gasteiger partial charge in [0.05, 0.1) is 0 Å². The molecule has 0 aromatic heterocycles. The van der Waals surface area contributed by atoms with Gasteiger partial charge in [-0.1, -0.05) is 24.3 Å². The summed E-state index contributed by atoms with van der Waals surface area (Å²) in [7, 11) is 0. The molecule has 2 N–H and O–H groups in total. The first-order valence-electron chi connectivity index (χ1n) is 6.26. The zero-order valence-corrected chi connectivity index (χ0v) is 11.4. The Morgan fingerprint density at radius 1 is 1.24 bits per heavy atom. The van der Waals surface area contributed by atoms with Crippen molar-refractivity contribution in [3.05, 3.63) is 35.4 Å². The van der Waals surface area contributed by atoms with Crippen molar-refractivity contribution in [2.24, 2.45) is 11.7 Å². The first-order chi connectivity index (χ1) is 7.79. The maximum absolute atomic E-state index is 5.71. The van der Waals surface area contributed by atoms with Crippen LogP contribution in [-0.4, -0.2) is 24.5 Å². The molecule has 0 bridgehead atoms. The summed E-state index contributed by atoms with van der Waals surface area (Å²) in [5.41, 5.74) is 8.58.